The van der Waals surface area contributed by atoms with Crippen molar-refractivity contribution in [3.8, 4) is 5.75 Å². The summed E-state index contributed by atoms with van der Waals surface area (Å²) in [6.45, 7) is 3.96. The smallest absolute Gasteiger partial charge is 0.217 e. The number of carbonyl (C=O) groups excluding carboxylic acids is 1. The third-order valence-electron chi connectivity index (χ3n) is 9.52. The molecule has 6 rings (SSSR count). The van der Waals surface area contributed by atoms with Gasteiger partial charge in [-0.1, -0.05) is 103 Å². The molecular formula is C39H45N3O2. The minimum Gasteiger partial charge on any atom is -0.492 e. The molecule has 1 aliphatic carbocycles. The van der Waals surface area contributed by atoms with Gasteiger partial charge >= 0.3 is 0 Å². The van der Waals surface area contributed by atoms with Crippen molar-refractivity contribution in [1.82, 2.24) is 4.90 Å². The number of likely N-dealkylation sites (tertiary alicyclic amines) is 1. The SMILES string of the molecule is NC(=O)C[C@@H]1CCC[C@H](N(c2cccc(OCCN3CCCC3)c2)C(c2ccccc2)(c2ccccc2)c2ccccc2)C1. The average Bonchev–Trinajstić information content (AvgIpc) is 3.58. The van der Waals surface area contributed by atoms with Crippen LogP contribution in [0.2, 0.25) is 0 Å². The lowest BCUT2D eigenvalue weighted by molar-refractivity contribution is -0.119. The maximum Gasteiger partial charge on any atom is 0.217 e. The monoisotopic (exact) mass is 587 g/mol. The van der Waals surface area contributed by atoms with Crippen LogP contribution >= 0.6 is 0 Å². The van der Waals surface area contributed by atoms with Crippen molar-refractivity contribution < 1.29 is 9.53 Å². The van der Waals surface area contributed by atoms with Crippen molar-refractivity contribution in [2.24, 2.45) is 11.7 Å². The summed E-state index contributed by atoms with van der Waals surface area (Å²) in [6.07, 6.45) is 7.01. The predicted molar refractivity (Wildman–Crippen MR) is 179 cm³/mol. The molecule has 1 amide bonds. The predicted octanol–water partition coefficient (Wildman–Crippen LogP) is 7.39. The van der Waals surface area contributed by atoms with Gasteiger partial charge in [-0.05, 0) is 79.9 Å². The molecule has 0 aromatic heterocycles. The molecule has 1 saturated heterocycles. The number of nitrogens with two attached hydrogens (primary N) is 1. The molecule has 0 spiro atoms. The Morgan fingerprint density at radius 1 is 0.773 bits per heavy atom. The fourth-order valence-electron chi connectivity index (χ4n) is 7.62. The van der Waals surface area contributed by atoms with Crippen LogP contribution in [0.3, 0.4) is 0 Å². The van der Waals surface area contributed by atoms with E-state index in [1.165, 1.54) is 42.6 Å². The minimum absolute atomic E-state index is 0.175. The third-order valence-corrected chi connectivity index (χ3v) is 9.52. The summed E-state index contributed by atoms with van der Waals surface area (Å²) in [7, 11) is 0. The lowest BCUT2D eigenvalue weighted by Gasteiger charge is -2.52. The maximum absolute atomic E-state index is 12.1. The average molecular weight is 588 g/mol. The van der Waals surface area contributed by atoms with Gasteiger partial charge in [0.1, 0.15) is 17.9 Å². The van der Waals surface area contributed by atoms with Gasteiger partial charge in [0, 0.05) is 30.8 Å². The van der Waals surface area contributed by atoms with Crippen LogP contribution in [0.1, 0.15) is 61.6 Å². The lowest BCUT2D eigenvalue weighted by Crippen LogP contribution is -2.55. The van der Waals surface area contributed by atoms with Gasteiger partial charge in [-0.25, -0.2) is 0 Å². The van der Waals surface area contributed by atoms with Crippen LogP contribution in [0.5, 0.6) is 5.75 Å². The molecule has 5 nitrogen and oxygen atoms in total. The second kappa shape index (κ2) is 14.1. The topological polar surface area (TPSA) is 58.8 Å². The zero-order chi connectivity index (χ0) is 30.2. The summed E-state index contributed by atoms with van der Waals surface area (Å²) in [4.78, 5) is 17.2. The van der Waals surface area contributed by atoms with E-state index in [1.54, 1.807) is 0 Å². The third kappa shape index (κ3) is 6.53. The Labute approximate surface area is 262 Å². The molecule has 0 radical (unpaired) electrons. The minimum atomic E-state index is -0.628. The van der Waals surface area contributed by atoms with Crippen molar-refractivity contribution in [1.29, 1.82) is 0 Å². The van der Waals surface area contributed by atoms with Crippen LogP contribution in [-0.4, -0.2) is 43.1 Å². The highest BCUT2D eigenvalue weighted by atomic mass is 16.5. The highest BCUT2D eigenvalue weighted by molar-refractivity contribution is 5.74. The summed E-state index contributed by atoms with van der Waals surface area (Å²) in [5.41, 5.74) is 9.85. The fourth-order valence-corrected chi connectivity index (χ4v) is 7.62. The highest BCUT2D eigenvalue weighted by Gasteiger charge is 2.46. The number of benzene rings is 4. The molecule has 1 saturated carbocycles. The van der Waals surface area contributed by atoms with Crippen LogP contribution in [0, 0.1) is 5.92 Å². The number of carbonyl (C=O) groups is 1. The molecule has 4 aromatic carbocycles. The molecule has 1 aliphatic heterocycles. The first-order valence-corrected chi connectivity index (χ1v) is 16.3. The van der Waals surface area contributed by atoms with Crippen molar-refractivity contribution in [3.63, 3.8) is 0 Å². The van der Waals surface area contributed by atoms with Gasteiger partial charge in [0.15, 0.2) is 0 Å². The second-order valence-corrected chi connectivity index (χ2v) is 12.4. The van der Waals surface area contributed by atoms with E-state index >= 15 is 0 Å². The standard InChI is InChI=1S/C39H45N3O2/c40-38(43)29-31-14-12-21-35(28-31)42(36-22-13-23-37(30-36)44-27-26-41-24-10-11-25-41)39(32-15-4-1-5-16-32,33-17-6-2-7-18-33)34-19-8-3-9-20-34/h1-9,13,15-20,22-23,30-31,35H,10-12,14,21,24-29H2,(H2,40,43)/t31-,35+/m1/s1. The number of amides is 1. The van der Waals surface area contributed by atoms with E-state index in [0.29, 0.717) is 13.0 Å². The van der Waals surface area contributed by atoms with Gasteiger partial charge in [0.2, 0.25) is 5.91 Å². The van der Waals surface area contributed by atoms with E-state index in [0.717, 1.165) is 43.7 Å². The van der Waals surface area contributed by atoms with E-state index in [9.17, 15) is 4.79 Å². The fraction of sp³-hybridized carbons (Fsp3) is 0.359. The molecule has 4 aromatic rings. The Balaban J connectivity index is 1.51. The first-order chi connectivity index (χ1) is 21.6. The Hall–Kier alpha value is -4.09. The first kappa shape index (κ1) is 30.0. The van der Waals surface area contributed by atoms with Crippen molar-refractivity contribution >= 4 is 11.6 Å². The van der Waals surface area contributed by atoms with Gasteiger partial charge in [0.25, 0.3) is 0 Å². The van der Waals surface area contributed by atoms with Crippen LogP contribution in [0.25, 0.3) is 0 Å². The van der Waals surface area contributed by atoms with Crippen LogP contribution < -0.4 is 15.4 Å². The second-order valence-electron chi connectivity index (χ2n) is 12.4. The summed E-state index contributed by atoms with van der Waals surface area (Å²) < 4.78 is 6.42. The van der Waals surface area contributed by atoms with Gasteiger partial charge in [-0.3, -0.25) is 9.69 Å². The summed E-state index contributed by atoms with van der Waals surface area (Å²) in [5, 5.41) is 0. The van der Waals surface area contributed by atoms with E-state index in [2.05, 4.69) is 125 Å². The number of ether oxygens (including phenoxy) is 1. The van der Waals surface area contributed by atoms with Crippen molar-refractivity contribution in [2.75, 3.05) is 31.1 Å². The molecule has 0 unspecified atom stereocenters. The Morgan fingerprint density at radius 2 is 1.36 bits per heavy atom. The van der Waals surface area contributed by atoms with E-state index in [-0.39, 0.29) is 17.9 Å². The molecule has 5 heteroatoms. The molecule has 44 heavy (non-hydrogen) atoms. The molecule has 2 fully saturated rings. The van der Waals surface area contributed by atoms with Gasteiger partial charge < -0.3 is 15.4 Å². The Bertz CT molecular complexity index is 1370. The normalized spacial score (nSPS) is 19.0. The molecule has 2 atom stereocenters. The Kier molecular flexibility index (Phi) is 9.62. The maximum atomic E-state index is 12.1. The van der Waals surface area contributed by atoms with Crippen LogP contribution in [0.4, 0.5) is 5.69 Å². The van der Waals surface area contributed by atoms with Crippen molar-refractivity contribution in [2.45, 2.75) is 56.5 Å². The number of rotatable bonds is 12. The van der Waals surface area contributed by atoms with Gasteiger partial charge in [-0.2, -0.15) is 0 Å². The van der Waals surface area contributed by atoms with Crippen LogP contribution in [0.15, 0.2) is 115 Å². The largest absolute Gasteiger partial charge is 0.492 e. The summed E-state index contributed by atoms with van der Waals surface area (Å²) >= 11 is 0. The highest BCUT2D eigenvalue weighted by Crippen LogP contribution is 2.49. The number of anilines is 1. The summed E-state index contributed by atoms with van der Waals surface area (Å²) in [5.74, 6) is 0.934. The number of hydrogen-bond donors (Lipinski definition) is 1. The quantitative estimate of drug-likeness (QED) is 0.176. The van der Waals surface area contributed by atoms with Crippen molar-refractivity contribution in [3.05, 3.63) is 132 Å². The number of nitrogens with zero attached hydrogens (tertiary/aromatic N) is 2. The molecule has 1 heterocycles. The first-order valence-electron chi connectivity index (χ1n) is 16.3. The summed E-state index contributed by atoms with van der Waals surface area (Å²) in [6, 6.07) is 41.5. The zero-order valence-corrected chi connectivity index (χ0v) is 25.7. The van der Waals surface area contributed by atoms with Crippen LogP contribution in [-0.2, 0) is 10.3 Å². The Morgan fingerprint density at radius 3 is 1.93 bits per heavy atom. The molecule has 2 N–H and O–H groups in total. The molecule has 0 bridgehead atoms. The molecular weight excluding hydrogens is 542 g/mol. The van der Waals surface area contributed by atoms with E-state index < -0.39 is 5.54 Å². The van der Waals surface area contributed by atoms with E-state index in [1.807, 2.05) is 0 Å². The van der Waals surface area contributed by atoms with E-state index in [4.69, 9.17) is 10.5 Å². The number of primary amides is 1. The number of hydrogen-bond acceptors (Lipinski definition) is 4. The molecule has 228 valence electrons. The van der Waals surface area contributed by atoms with Gasteiger partial charge in [0.05, 0.1) is 0 Å². The van der Waals surface area contributed by atoms with Gasteiger partial charge in [-0.15, -0.1) is 0 Å². The lowest BCUT2D eigenvalue weighted by atomic mass is 9.72. The molecule has 2 aliphatic rings. The zero-order valence-electron chi connectivity index (χ0n) is 25.7.